The first-order valence-electron chi connectivity index (χ1n) is 4.83. The molecular weight excluding hydrogens is 184 g/mol. The number of ketones is 1. The summed E-state index contributed by atoms with van der Waals surface area (Å²) < 4.78 is 0. The molecule has 3 heteroatoms. The summed E-state index contributed by atoms with van der Waals surface area (Å²) in [6.07, 6.45) is 1.18. The second-order valence-electron chi connectivity index (χ2n) is 3.71. The van der Waals surface area contributed by atoms with Crippen LogP contribution in [0.15, 0.2) is 0 Å². The van der Waals surface area contributed by atoms with Crippen molar-refractivity contribution >= 4 is 17.5 Å². The van der Waals surface area contributed by atoms with Crippen molar-refractivity contribution in [2.24, 2.45) is 5.92 Å². The predicted octanol–water partition coefficient (Wildman–Crippen LogP) is 2.11. The molecule has 0 fully saturated rings. The molecule has 0 radical (unpaired) electrons. The molecule has 0 saturated heterocycles. The first kappa shape index (κ1) is 13.0. The monoisotopic (exact) mass is 204 g/mol. The van der Waals surface area contributed by atoms with Gasteiger partial charge in [0.05, 0.1) is 11.9 Å². The number of rotatable bonds is 7. The summed E-state index contributed by atoms with van der Waals surface area (Å²) in [4.78, 5) is 11.2. The van der Waals surface area contributed by atoms with E-state index in [1.54, 1.807) is 0 Å². The van der Waals surface area contributed by atoms with E-state index in [9.17, 15) is 9.90 Å². The minimum Gasteiger partial charge on any atom is -0.392 e. The minimum absolute atomic E-state index is 0.253. The SMILES string of the molecule is CCC(O)CSCC(=O)CC(C)C. The number of aliphatic hydroxyl groups excluding tert-OH is 1. The Balaban J connectivity index is 3.37. The van der Waals surface area contributed by atoms with Gasteiger partial charge in [0.15, 0.2) is 0 Å². The average Bonchev–Trinajstić information content (AvgIpc) is 2.02. The summed E-state index contributed by atoms with van der Waals surface area (Å²) in [5.41, 5.74) is 0. The van der Waals surface area contributed by atoms with E-state index < -0.39 is 0 Å². The van der Waals surface area contributed by atoms with Crippen LogP contribution in [0.2, 0.25) is 0 Å². The van der Waals surface area contributed by atoms with E-state index in [1.165, 1.54) is 11.8 Å². The Bertz CT molecular complexity index is 146. The molecule has 0 spiro atoms. The lowest BCUT2D eigenvalue weighted by atomic mass is 10.1. The van der Waals surface area contributed by atoms with Gasteiger partial charge in [-0.25, -0.2) is 0 Å². The Morgan fingerprint density at radius 1 is 1.46 bits per heavy atom. The van der Waals surface area contributed by atoms with Crippen LogP contribution in [0.3, 0.4) is 0 Å². The zero-order valence-corrected chi connectivity index (χ0v) is 9.56. The molecule has 0 bridgehead atoms. The highest BCUT2D eigenvalue weighted by Gasteiger charge is 2.06. The molecule has 0 aromatic heterocycles. The van der Waals surface area contributed by atoms with Crippen molar-refractivity contribution in [2.45, 2.75) is 39.7 Å². The highest BCUT2D eigenvalue weighted by molar-refractivity contribution is 7.99. The summed E-state index contributed by atoms with van der Waals surface area (Å²) in [6.45, 7) is 6.04. The fourth-order valence-corrected chi connectivity index (χ4v) is 1.91. The van der Waals surface area contributed by atoms with Crippen LogP contribution in [0.25, 0.3) is 0 Å². The second-order valence-corrected chi connectivity index (χ2v) is 4.74. The summed E-state index contributed by atoms with van der Waals surface area (Å²) in [5.74, 6) is 1.97. The van der Waals surface area contributed by atoms with E-state index in [0.717, 1.165) is 6.42 Å². The Labute approximate surface area is 85.1 Å². The minimum atomic E-state index is -0.253. The van der Waals surface area contributed by atoms with Gasteiger partial charge in [-0.1, -0.05) is 20.8 Å². The van der Waals surface area contributed by atoms with Gasteiger partial charge < -0.3 is 5.11 Å². The molecule has 0 aliphatic heterocycles. The molecule has 1 N–H and O–H groups in total. The Morgan fingerprint density at radius 2 is 2.08 bits per heavy atom. The van der Waals surface area contributed by atoms with Crippen molar-refractivity contribution in [1.82, 2.24) is 0 Å². The Hall–Kier alpha value is -0.0200. The lowest BCUT2D eigenvalue weighted by molar-refractivity contribution is -0.117. The van der Waals surface area contributed by atoms with Crippen molar-refractivity contribution in [3.05, 3.63) is 0 Å². The van der Waals surface area contributed by atoms with Gasteiger partial charge in [-0.2, -0.15) is 11.8 Å². The molecule has 0 heterocycles. The number of aliphatic hydroxyl groups is 1. The molecule has 1 atom stereocenters. The second kappa shape index (κ2) is 7.39. The van der Waals surface area contributed by atoms with Gasteiger partial charge >= 0.3 is 0 Å². The van der Waals surface area contributed by atoms with Crippen LogP contribution in [0.1, 0.15) is 33.6 Å². The number of Topliss-reactive ketones (excluding diaryl/α,β-unsaturated/α-hetero) is 1. The summed E-state index contributed by atoms with van der Waals surface area (Å²) in [7, 11) is 0. The molecule has 0 aliphatic carbocycles. The van der Waals surface area contributed by atoms with Crippen LogP contribution in [-0.2, 0) is 4.79 Å². The van der Waals surface area contributed by atoms with Gasteiger partial charge in [0, 0.05) is 12.2 Å². The van der Waals surface area contributed by atoms with Crippen LogP contribution in [0.5, 0.6) is 0 Å². The molecule has 13 heavy (non-hydrogen) atoms. The summed E-state index contributed by atoms with van der Waals surface area (Å²) in [5, 5.41) is 9.22. The van der Waals surface area contributed by atoms with Gasteiger partial charge in [0.25, 0.3) is 0 Å². The Morgan fingerprint density at radius 3 is 2.54 bits per heavy atom. The zero-order valence-electron chi connectivity index (χ0n) is 8.75. The molecule has 0 amide bonds. The van der Waals surface area contributed by atoms with Crippen LogP contribution >= 0.6 is 11.8 Å². The van der Waals surface area contributed by atoms with Crippen LogP contribution in [0, 0.1) is 5.92 Å². The van der Waals surface area contributed by atoms with Crippen molar-refractivity contribution in [2.75, 3.05) is 11.5 Å². The number of hydrogen-bond acceptors (Lipinski definition) is 3. The topological polar surface area (TPSA) is 37.3 Å². The molecule has 0 saturated carbocycles. The van der Waals surface area contributed by atoms with Crippen molar-refractivity contribution in [3.63, 3.8) is 0 Å². The number of carbonyl (C=O) groups is 1. The third kappa shape index (κ3) is 8.31. The van der Waals surface area contributed by atoms with Crippen molar-refractivity contribution < 1.29 is 9.90 Å². The largest absolute Gasteiger partial charge is 0.392 e. The number of hydrogen-bond donors (Lipinski definition) is 1. The van der Waals surface area contributed by atoms with E-state index >= 15 is 0 Å². The number of thioether (sulfide) groups is 1. The normalized spacial score (nSPS) is 13.3. The van der Waals surface area contributed by atoms with E-state index in [1.807, 2.05) is 20.8 Å². The van der Waals surface area contributed by atoms with Gasteiger partial charge in [-0.05, 0) is 12.3 Å². The highest BCUT2D eigenvalue weighted by Crippen LogP contribution is 2.09. The standard InChI is InChI=1S/C10H20O2S/c1-4-9(11)6-13-7-10(12)5-8(2)3/h8-9,11H,4-7H2,1-3H3. The van der Waals surface area contributed by atoms with Crippen LogP contribution in [-0.4, -0.2) is 28.5 Å². The fraction of sp³-hybridized carbons (Fsp3) is 0.900. The predicted molar refractivity (Wildman–Crippen MR) is 58.1 cm³/mol. The van der Waals surface area contributed by atoms with Gasteiger partial charge in [-0.15, -0.1) is 0 Å². The molecule has 0 aromatic rings. The van der Waals surface area contributed by atoms with E-state index in [-0.39, 0.29) is 6.10 Å². The fourth-order valence-electron chi connectivity index (χ4n) is 0.941. The molecule has 0 aromatic carbocycles. The first-order valence-corrected chi connectivity index (χ1v) is 5.99. The maximum absolute atomic E-state index is 11.2. The first-order chi connectivity index (χ1) is 6.06. The van der Waals surface area contributed by atoms with Gasteiger partial charge in [0.1, 0.15) is 5.78 Å². The molecule has 78 valence electrons. The lowest BCUT2D eigenvalue weighted by Crippen LogP contribution is -2.11. The molecule has 0 aliphatic rings. The van der Waals surface area contributed by atoms with Gasteiger partial charge in [-0.3, -0.25) is 4.79 Å². The molecule has 1 unspecified atom stereocenters. The number of carbonyl (C=O) groups excluding carboxylic acids is 1. The zero-order chi connectivity index (χ0) is 10.3. The maximum Gasteiger partial charge on any atom is 0.143 e. The molecular formula is C10H20O2S. The third-order valence-electron chi connectivity index (χ3n) is 1.68. The quantitative estimate of drug-likeness (QED) is 0.690. The summed E-state index contributed by atoms with van der Waals surface area (Å²) in [6, 6.07) is 0. The van der Waals surface area contributed by atoms with Crippen molar-refractivity contribution in [3.8, 4) is 0 Å². The average molecular weight is 204 g/mol. The van der Waals surface area contributed by atoms with Crippen LogP contribution < -0.4 is 0 Å². The smallest absolute Gasteiger partial charge is 0.143 e. The van der Waals surface area contributed by atoms with E-state index in [0.29, 0.717) is 29.6 Å². The summed E-state index contributed by atoms with van der Waals surface area (Å²) >= 11 is 1.54. The van der Waals surface area contributed by atoms with Crippen molar-refractivity contribution in [1.29, 1.82) is 0 Å². The van der Waals surface area contributed by atoms with E-state index in [2.05, 4.69) is 0 Å². The third-order valence-corrected chi connectivity index (χ3v) is 2.83. The molecule has 2 nitrogen and oxygen atoms in total. The van der Waals surface area contributed by atoms with Gasteiger partial charge in [0.2, 0.25) is 0 Å². The van der Waals surface area contributed by atoms with E-state index in [4.69, 9.17) is 0 Å². The Kier molecular flexibility index (Phi) is 7.38. The highest BCUT2D eigenvalue weighted by atomic mass is 32.2. The molecule has 0 rings (SSSR count). The van der Waals surface area contributed by atoms with Crippen LogP contribution in [0.4, 0.5) is 0 Å². The lowest BCUT2D eigenvalue weighted by Gasteiger charge is -2.07. The maximum atomic E-state index is 11.2.